The van der Waals surface area contributed by atoms with Gasteiger partial charge in [-0.2, -0.15) is 0 Å². The van der Waals surface area contributed by atoms with Crippen molar-refractivity contribution >= 4 is 40.9 Å². The van der Waals surface area contributed by atoms with Crippen molar-refractivity contribution in [3.8, 4) is 11.4 Å². The number of nitrogens with zero attached hydrogens (tertiary/aromatic N) is 2. The van der Waals surface area contributed by atoms with Gasteiger partial charge in [0.25, 0.3) is 5.91 Å². The third-order valence-corrected chi connectivity index (χ3v) is 6.07. The number of hydrogen-bond donors (Lipinski definition) is 2. The summed E-state index contributed by atoms with van der Waals surface area (Å²) in [6.07, 6.45) is 3.95. The molecule has 0 unspecified atom stereocenters. The molecule has 150 valence electrons. The highest BCUT2D eigenvalue weighted by Crippen LogP contribution is 2.29. The number of thioether (sulfide) groups is 2. The average Bonchev–Trinajstić information content (AvgIpc) is 2.75. The molecule has 1 aromatic heterocycles. The topological polar surface area (TPSA) is 66.9 Å². The van der Waals surface area contributed by atoms with Gasteiger partial charge in [-0.15, -0.1) is 23.5 Å². The van der Waals surface area contributed by atoms with Gasteiger partial charge in [-0.1, -0.05) is 18.2 Å². The van der Waals surface area contributed by atoms with Crippen molar-refractivity contribution < 1.29 is 4.79 Å². The maximum atomic E-state index is 13.1. The molecule has 0 bridgehead atoms. The van der Waals surface area contributed by atoms with E-state index >= 15 is 0 Å². The number of carbonyl (C=O) groups is 1. The summed E-state index contributed by atoms with van der Waals surface area (Å²) in [7, 11) is 1.76. The standard InChI is InChI=1S/C22H24N4OS2/c1-13-6-9-16(12-14(13)2)24-21(27)18-20(23-3)25-19(26-22(18)29-5)15-7-10-17(28-4)11-8-15/h6-12H,1-5H3,(H,24,27)(H,23,25,26). The predicted molar refractivity (Wildman–Crippen MR) is 124 cm³/mol. The number of aryl methyl sites for hydroxylation is 2. The molecule has 7 heteroatoms. The number of rotatable bonds is 6. The second-order valence-corrected chi connectivity index (χ2v) is 8.19. The first-order chi connectivity index (χ1) is 14.0. The molecular weight excluding hydrogens is 400 g/mol. The fourth-order valence-corrected chi connectivity index (χ4v) is 3.83. The molecule has 0 aliphatic rings. The summed E-state index contributed by atoms with van der Waals surface area (Å²) in [5, 5.41) is 6.67. The number of carbonyl (C=O) groups excluding carboxylic acids is 1. The number of nitrogens with one attached hydrogen (secondary N) is 2. The Balaban J connectivity index is 1.99. The molecule has 0 radical (unpaired) electrons. The molecule has 2 aromatic carbocycles. The molecule has 3 aromatic rings. The minimum Gasteiger partial charge on any atom is -0.372 e. The van der Waals surface area contributed by atoms with Crippen LogP contribution < -0.4 is 10.6 Å². The van der Waals surface area contributed by atoms with Crippen molar-refractivity contribution in [3.05, 3.63) is 59.2 Å². The van der Waals surface area contributed by atoms with Crippen LogP contribution in [0.2, 0.25) is 0 Å². The van der Waals surface area contributed by atoms with Gasteiger partial charge < -0.3 is 10.6 Å². The lowest BCUT2D eigenvalue weighted by Gasteiger charge is -2.14. The van der Waals surface area contributed by atoms with Crippen LogP contribution in [0, 0.1) is 13.8 Å². The zero-order valence-electron chi connectivity index (χ0n) is 17.2. The van der Waals surface area contributed by atoms with Crippen LogP contribution in [0.4, 0.5) is 11.5 Å². The van der Waals surface area contributed by atoms with Gasteiger partial charge in [-0.25, -0.2) is 9.97 Å². The van der Waals surface area contributed by atoms with Gasteiger partial charge in [0.05, 0.1) is 0 Å². The van der Waals surface area contributed by atoms with Crippen LogP contribution in [0.15, 0.2) is 52.4 Å². The van der Waals surface area contributed by atoms with Crippen LogP contribution in [0.3, 0.4) is 0 Å². The number of benzene rings is 2. The van der Waals surface area contributed by atoms with Crippen molar-refractivity contribution in [2.75, 3.05) is 30.2 Å². The van der Waals surface area contributed by atoms with Crippen molar-refractivity contribution in [3.63, 3.8) is 0 Å². The third-order valence-electron chi connectivity index (χ3n) is 4.65. The molecule has 0 saturated carbocycles. The molecule has 5 nitrogen and oxygen atoms in total. The largest absolute Gasteiger partial charge is 0.372 e. The molecule has 0 atom stereocenters. The minimum atomic E-state index is -0.230. The molecule has 3 rings (SSSR count). The van der Waals surface area contributed by atoms with Gasteiger partial charge in [0, 0.05) is 23.2 Å². The fraction of sp³-hybridized carbons (Fsp3) is 0.227. The highest BCUT2D eigenvalue weighted by molar-refractivity contribution is 7.98. The molecular formula is C22H24N4OS2. The highest BCUT2D eigenvalue weighted by atomic mass is 32.2. The Kier molecular flexibility index (Phi) is 6.82. The van der Waals surface area contributed by atoms with Crippen molar-refractivity contribution in [2.45, 2.75) is 23.8 Å². The Morgan fingerprint density at radius 3 is 2.24 bits per heavy atom. The van der Waals surface area contributed by atoms with Crippen LogP contribution in [0.25, 0.3) is 11.4 Å². The second-order valence-electron chi connectivity index (χ2n) is 6.51. The summed E-state index contributed by atoms with van der Waals surface area (Å²) in [5.74, 6) is 0.870. The van der Waals surface area contributed by atoms with E-state index in [0.29, 0.717) is 22.2 Å². The van der Waals surface area contributed by atoms with E-state index in [1.807, 2.05) is 68.8 Å². The molecule has 0 fully saturated rings. The van der Waals surface area contributed by atoms with Crippen molar-refractivity contribution in [1.29, 1.82) is 0 Å². The van der Waals surface area contributed by atoms with Crippen LogP contribution in [0.5, 0.6) is 0 Å². The van der Waals surface area contributed by atoms with E-state index in [0.717, 1.165) is 16.8 Å². The Morgan fingerprint density at radius 1 is 0.931 bits per heavy atom. The number of aromatic nitrogens is 2. The van der Waals surface area contributed by atoms with Gasteiger partial charge in [-0.3, -0.25) is 4.79 Å². The predicted octanol–water partition coefficient (Wildman–Crippen LogP) is 5.50. The zero-order valence-corrected chi connectivity index (χ0v) is 18.8. The van der Waals surface area contributed by atoms with E-state index in [1.165, 1.54) is 22.2 Å². The van der Waals surface area contributed by atoms with Crippen molar-refractivity contribution in [1.82, 2.24) is 9.97 Å². The summed E-state index contributed by atoms with van der Waals surface area (Å²) in [6, 6.07) is 14.0. The van der Waals surface area contributed by atoms with Crippen LogP contribution >= 0.6 is 23.5 Å². The molecule has 0 aliphatic carbocycles. The summed E-state index contributed by atoms with van der Waals surface area (Å²) in [5.41, 5.74) is 4.42. The van der Waals surface area contributed by atoms with E-state index in [4.69, 9.17) is 0 Å². The Labute approximate surface area is 180 Å². The minimum absolute atomic E-state index is 0.230. The Hall–Kier alpha value is -2.51. The molecule has 0 saturated heterocycles. The number of hydrogen-bond acceptors (Lipinski definition) is 6. The van der Waals surface area contributed by atoms with Gasteiger partial charge in [0.15, 0.2) is 5.82 Å². The number of amides is 1. The lowest BCUT2D eigenvalue weighted by atomic mass is 10.1. The maximum Gasteiger partial charge on any atom is 0.262 e. The Morgan fingerprint density at radius 2 is 1.66 bits per heavy atom. The van der Waals surface area contributed by atoms with Crippen LogP contribution in [-0.4, -0.2) is 35.4 Å². The highest BCUT2D eigenvalue weighted by Gasteiger charge is 2.21. The Bertz CT molecular complexity index is 1010. The van der Waals surface area contributed by atoms with E-state index in [-0.39, 0.29) is 5.91 Å². The lowest BCUT2D eigenvalue weighted by Crippen LogP contribution is -2.17. The maximum absolute atomic E-state index is 13.1. The van der Waals surface area contributed by atoms with Crippen LogP contribution in [-0.2, 0) is 0 Å². The SMILES string of the molecule is CNc1nc(-c2ccc(SC)cc2)nc(SC)c1C(=O)Nc1ccc(C)c(C)c1. The first-order valence-corrected chi connectivity index (χ1v) is 11.6. The first-order valence-electron chi connectivity index (χ1n) is 9.13. The fourth-order valence-electron chi connectivity index (χ4n) is 2.86. The van der Waals surface area contributed by atoms with E-state index in [1.54, 1.807) is 18.8 Å². The van der Waals surface area contributed by atoms with E-state index < -0.39 is 0 Å². The lowest BCUT2D eigenvalue weighted by molar-refractivity contribution is 0.102. The summed E-state index contributed by atoms with van der Waals surface area (Å²) in [6.45, 7) is 4.07. The van der Waals surface area contributed by atoms with Gasteiger partial charge in [0.1, 0.15) is 16.4 Å². The monoisotopic (exact) mass is 424 g/mol. The third kappa shape index (κ3) is 4.74. The molecule has 29 heavy (non-hydrogen) atoms. The molecule has 0 aliphatic heterocycles. The van der Waals surface area contributed by atoms with E-state index in [2.05, 4.69) is 20.6 Å². The van der Waals surface area contributed by atoms with Gasteiger partial charge in [-0.05, 0) is 61.8 Å². The molecule has 0 spiro atoms. The first kappa shape index (κ1) is 21.2. The van der Waals surface area contributed by atoms with Gasteiger partial charge >= 0.3 is 0 Å². The molecule has 2 N–H and O–H groups in total. The zero-order chi connectivity index (χ0) is 21.0. The normalized spacial score (nSPS) is 10.7. The van der Waals surface area contributed by atoms with Gasteiger partial charge in [0.2, 0.25) is 0 Å². The summed E-state index contributed by atoms with van der Waals surface area (Å²) < 4.78 is 0. The number of anilines is 2. The van der Waals surface area contributed by atoms with E-state index in [9.17, 15) is 4.79 Å². The summed E-state index contributed by atoms with van der Waals surface area (Å²) in [4.78, 5) is 23.5. The average molecular weight is 425 g/mol. The van der Waals surface area contributed by atoms with Crippen LogP contribution in [0.1, 0.15) is 21.5 Å². The summed E-state index contributed by atoms with van der Waals surface area (Å²) >= 11 is 3.12. The second kappa shape index (κ2) is 9.33. The smallest absolute Gasteiger partial charge is 0.262 e. The van der Waals surface area contributed by atoms with Crippen molar-refractivity contribution in [2.24, 2.45) is 0 Å². The molecule has 1 amide bonds. The molecule has 1 heterocycles. The quantitative estimate of drug-likeness (QED) is 0.402.